The van der Waals surface area contributed by atoms with Crippen LogP contribution in [0.1, 0.15) is 35.2 Å². The number of rotatable bonds is 4. The van der Waals surface area contributed by atoms with Crippen LogP contribution in [-0.4, -0.2) is 50.6 Å². The molecule has 2 amide bonds. The number of hydrogen-bond acceptors (Lipinski definition) is 5. The number of amides is 2. The first-order valence-corrected chi connectivity index (χ1v) is 11.3. The number of aliphatic imine (C=N–C) groups is 1. The molecule has 0 atom stereocenters. The predicted octanol–water partition coefficient (Wildman–Crippen LogP) is 1.99. The minimum Gasteiger partial charge on any atom is -0.339 e. The second-order valence-corrected chi connectivity index (χ2v) is 8.86. The standard InChI is InChI=1S/C21H22N4O4S/c26-19(14-22-20-16-9-3-5-11-18(16)30(28,29)24-20)23-17-10-4-2-8-15(17)21(27)25-12-6-1-7-13-25/h2-5,8-11H,1,6-7,12-14H2,(H,22,24)(H,23,26). The lowest BCUT2D eigenvalue weighted by atomic mass is 10.1. The van der Waals surface area contributed by atoms with E-state index in [1.54, 1.807) is 47.4 Å². The summed E-state index contributed by atoms with van der Waals surface area (Å²) < 4.78 is 26.6. The van der Waals surface area contributed by atoms with E-state index >= 15 is 0 Å². The van der Waals surface area contributed by atoms with Crippen molar-refractivity contribution in [2.75, 3.05) is 25.0 Å². The maximum Gasteiger partial charge on any atom is 0.263 e. The molecule has 8 nitrogen and oxygen atoms in total. The van der Waals surface area contributed by atoms with Crippen LogP contribution in [0.15, 0.2) is 58.4 Å². The molecular formula is C21H22N4O4S. The van der Waals surface area contributed by atoms with Gasteiger partial charge in [-0.25, -0.2) is 8.42 Å². The van der Waals surface area contributed by atoms with Gasteiger partial charge in [-0.1, -0.05) is 24.3 Å². The van der Waals surface area contributed by atoms with Gasteiger partial charge < -0.3 is 10.2 Å². The molecular weight excluding hydrogens is 404 g/mol. The summed E-state index contributed by atoms with van der Waals surface area (Å²) >= 11 is 0. The van der Waals surface area contributed by atoms with Crippen LogP contribution in [0.4, 0.5) is 5.69 Å². The van der Waals surface area contributed by atoms with E-state index in [9.17, 15) is 18.0 Å². The van der Waals surface area contributed by atoms with Gasteiger partial charge in [0.05, 0.1) is 16.1 Å². The van der Waals surface area contributed by atoms with E-state index in [1.807, 2.05) is 0 Å². The summed E-state index contributed by atoms with van der Waals surface area (Å²) in [4.78, 5) is 31.4. The Morgan fingerprint density at radius 1 is 1.00 bits per heavy atom. The Labute approximate surface area is 175 Å². The molecule has 156 valence electrons. The van der Waals surface area contributed by atoms with Gasteiger partial charge in [0.1, 0.15) is 12.4 Å². The van der Waals surface area contributed by atoms with Gasteiger partial charge >= 0.3 is 0 Å². The van der Waals surface area contributed by atoms with Crippen molar-refractivity contribution in [3.63, 3.8) is 0 Å². The van der Waals surface area contributed by atoms with Crippen molar-refractivity contribution in [1.82, 2.24) is 9.62 Å². The quantitative estimate of drug-likeness (QED) is 0.779. The summed E-state index contributed by atoms with van der Waals surface area (Å²) in [6.07, 6.45) is 3.08. The third-order valence-electron chi connectivity index (χ3n) is 5.12. The minimum atomic E-state index is -3.65. The summed E-state index contributed by atoms with van der Waals surface area (Å²) in [6.45, 7) is 1.15. The van der Waals surface area contributed by atoms with Gasteiger partial charge in [0.15, 0.2) is 0 Å². The number of sulfonamides is 1. The molecule has 30 heavy (non-hydrogen) atoms. The average molecular weight is 426 g/mol. The molecule has 0 bridgehead atoms. The van der Waals surface area contributed by atoms with Gasteiger partial charge in [-0.15, -0.1) is 0 Å². The average Bonchev–Trinajstić information content (AvgIpc) is 3.03. The van der Waals surface area contributed by atoms with Crippen molar-refractivity contribution >= 4 is 33.4 Å². The molecule has 1 saturated heterocycles. The van der Waals surface area contributed by atoms with Crippen molar-refractivity contribution in [3.8, 4) is 0 Å². The number of amidine groups is 1. The van der Waals surface area contributed by atoms with E-state index in [0.29, 0.717) is 29.9 Å². The molecule has 4 rings (SSSR count). The van der Waals surface area contributed by atoms with Gasteiger partial charge in [-0.3, -0.25) is 19.3 Å². The van der Waals surface area contributed by atoms with Crippen molar-refractivity contribution in [1.29, 1.82) is 0 Å². The van der Waals surface area contributed by atoms with Gasteiger partial charge in [-0.2, -0.15) is 0 Å². The maximum atomic E-state index is 12.8. The Kier molecular flexibility index (Phi) is 5.54. The van der Waals surface area contributed by atoms with Crippen molar-refractivity contribution in [2.45, 2.75) is 24.2 Å². The highest BCUT2D eigenvalue weighted by Crippen LogP contribution is 2.23. The summed E-state index contributed by atoms with van der Waals surface area (Å²) in [7, 11) is -3.65. The van der Waals surface area contributed by atoms with Gasteiger partial charge in [0.2, 0.25) is 5.91 Å². The summed E-state index contributed by atoms with van der Waals surface area (Å²) in [5.74, 6) is -0.405. The fraction of sp³-hybridized carbons (Fsp3) is 0.286. The van der Waals surface area contributed by atoms with Crippen LogP contribution in [0.25, 0.3) is 0 Å². The molecule has 1 fully saturated rings. The maximum absolute atomic E-state index is 12.8. The molecule has 0 saturated carbocycles. The first-order valence-electron chi connectivity index (χ1n) is 9.80. The molecule has 0 aliphatic carbocycles. The predicted molar refractivity (Wildman–Crippen MR) is 113 cm³/mol. The zero-order chi connectivity index (χ0) is 21.1. The number of carbonyl (C=O) groups excluding carboxylic acids is 2. The highest BCUT2D eigenvalue weighted by atomic mass is 32.2. The first-order chi connectivity index (χ1) is 14.5. The smallest absolute Gasteiger partial charge is 0.263 e. The number of piperidine rings is 1. The Hall–Kier alpha value is -3.20. The van der Waals surface area contributed by atoms with E-state index in [2.05, 4.69) is 15.0 Å². The topological polar surface area (TPSA) is 108 Å². The van der Waals surface area contributed by atoms with E-state index in [1.165, 1.54) is 6.07 Å². The normalized spacial score (nSPS) is 18.5. The van der Waals surface area contributed by atoms with Crippen molar-refractivity contribution < 1.29 is 18.0 Å². The SMILES string of the molecule is O=C(CN=C1NS(=O)(=O)c2ccccc21)Nc1ccccc1C(=O)N1CCCCC1. The lowest BCUT2D eigenvalue weighted by Crippen LogP contribution is -2.36. The molecule has 0 aromatic heterocycles. The minimum absolute atomic E-state index is 0.102. The van der Waals surface area contributed by atoms with Crippen LogP contribution < -0.4 is 10.0 Å². The van der Waals surface area contributed by atoms with Crippen LogP contribution >= 0.6 is 0 Å². The Bertz CT molecular complexity index is 1120. The lowest BCUT2D eigenvalue weighted by molar-refractivity contribution is -0.114. The van der Waals surface area contributed by atoms with E-state index < -0.39 is 15.9 Å². The van der Waals surface area contributed by atoms with Crippen LogP contribution in [-0.2, 0) is 14.8 Å². The number of fused-ring (bicyclic) bond motifs is 1. The van der Waals surface area contributed by atoms with Crippen LogP contribution in [0.5, 0.6) is 0 Å². The number of carbonyl (C=O) groups is 2. The largest absolute Gasteiger partial charge is 0.339 e. The fourth-order valence-electron chi connectivity index (χ4n) is 3.64. The van der Waals surface area contributed by atoms with Crippen LogP contribution in [0, 0.1) is 0 Å². The number of benzene rings is 2. The van der Waals surface area contributed by atoms with Crippen LogP contribution in [0.3, 0.4) is 0 Å². The molecule has 9 heteroatoms. The van der Waals surface area contributed by atoms with E-state index in [0.717, 1.165) is 19.3 Å². The number of nitrogens with one attached hydrogen (secondary N) is 2. The number of para-hydroxylation sites is 1. The zero-order valence-corrected chi connectivity index (χ0v) is 17.1. The second-order valence-electron chi connectivity index (χ2n) is 7.21. The molecule has 0 spiro atoms. The lowest BCUT2D eigenvalue weighted by Gasteiger charge is -2.27. The third-order valence-corrected chi connectivity index (χ3v) is 6.52. The molecule has 2 aromatic carbocycles. The monoisotopic (exact) mass is 426 g/mol. The number of likely N-dealkylation sites (tertiary alicyclic amines) is 1. The zero-order valence-electron chi connectivity index (χ0n) is 16.3. The molecule has 0 radical (unpaired) electrons. The molecule has 2 aromatic rings. The van der Waals surface area contributed by atoms with E-state index in [4.69, 9.17) is 0 Å². The summed E-state index contributed by atoms with van der Waals surface area (Å²) in [6, 6.07) is 13.3. The van der Waals surface area contributed by atoms with Gasteiger partial charge in [0.25, 0.3) is 15.9 Å². The number of nitrogens with zero attached hydrogens (tertiary/aromatic N) is 2. The Morgan fingerprint density at radius 3 is 2.50 bits per heavy atom. The fourth-order valence-corrected chi connectivity index (χ4v) is 4.89. The third kappa shape index (κ3) is 4.06. The molecule has 2 heterocycles. The number of hydrogen-bond donors (Lipinski definition) is 2. The highest BCUT2D eigenvalue weighted by molar-refractivity contribution is 7.90. The second kappa shape index (κ2) is 8.27. The first kappa shape index (κ1) is 20.1. The van der Waals surface area contributed by atoms with Gasteiger partial charge in [-0.05, 0) is 43.5 Å². The Balaban J connectivity index is 1.48. The molecule has 2 aliphatic heterocycles. The van der Waals surface area contributed by atoms with E-state index in [-0.39, 0.29) is 23.2 Å². The highest BCUT2D eigenvalue weighted by Gasteiger charge is 2.30. The Morgan fingerprint density at radius 2 is 1.70 bits per heavy atom. The number of anilines is 1. The summed E-state index contributed by atoms with van der Waals surface area (Å²) in [5.41, 5.74) is 1.30. The molecule has 2 aliphatic rings. The van der Waals surface area contributed by atoms with Crippen molar-refractivity contribution in [2.24, 2.45) is 4.99 Å². The van der Waals surface area contributed by atoms with Gasteiger partial charge in [0, 0.05) is 18.7 Å². The molecule has 0 unspecified atom stereocenters. The van der Waals surface area contributed by atoms with Crippen molar-refractivity contribution in [3.05, 3.63) is 59.7 Å². The molecule has 2 N–H and O–H groups in total. The summed E-state index contributed by atoms with van der Waals surface area (Å²) in [5, 5.41) is 2.73. The van der Waals surface area contributed by atoms with Crippen LogP contribution in [0.2, 0.25) is 0 Å².